The monoisotopic (exact) mass is 335 g/mol. The summed E-state index contributed by atoms with van der Waals surface area (Å²) in [6.45, 7) is 5.77. The molecule has 1 aromatic carbocycles. The topological polar surface area (TPSA) is 69.7 Å². The molecule has 1 fully saturated rings. The van der Waals surface area contributed by atoms with E-state index in [1.165, 1.54) is 4.90 Å². The molecule has 1 atom stereocenters. The van der Waals surface area contributed by atoms with E-state index in [0.717, 1.165) is 24.9 Å². The lowest BCUT2D eigenvalue weighted by Gasteiger charge is -2.23. The van der Waals surface area contributed by atoms with Gasteiger partial charge in [0.2, 0.25) is 11.8 Å². The molecule has 2 rings (SSSR count). The van der Waals surface area contributed by atoms with E-state index in [0.29, 0.717) is 5.69 Å². The zero-order valence-electron chi connectivity index (χ0n) is 13.3. The second-order valence-electron chi connectivity index (χ2n) is 5.20. The van der Waals surface area contributed by atoms with Crippen molar-refractivity contribution in [3.63, 3.8) is 0 Å². The molecule has 0 radical (unpaired) electrons. The number of rotatable bonds is 7. The predicted octanol–water partition coefficient (Wildman–Crippen LogP) is 2.38. The Kier molecular flexibility index (Phi) is 6.18. The highest BCUT2D eigenvalue weighted by Gasteiger charge is 2.40. The van der Waals surface area contributed by atoms with Gasteiger partial charge in [-0.25, -0.2) is 0 Å². The maximum absolute atomic E-state index is 12.3. The molecule has 0 aliphatic carbocycles. The number of imide groups is 1. The molecule has 0 saturated carbocycles. The summed E-state index contributed by atoms with van der Waals surface area (Å²) in [5, 5.41) is 1.82. The van der Waals surface area contributed by atoms with Crippen LogP contribution in [0.2, 0.25) is 0 Å². The van der Waals surface area contributed by atoms with Crippen LogP contribution in [0.4, 0.5) is 10.5 Å². The lowest BCUT2D eigenvalue weighted by atomic mass is 10.2. The molecular weight excluding hydrogens is 314 g/mol. The Morgan fingerprint density at radius 1 is 1.22 bits per heavy atom. The summed E-state index contributed by atoms with van der Waals surface area (Å²) in [6, 6.07) is 9.05. The summed E-state index contributed by atoms with van der Waals surface area (Å²) in [5.41, 5.74) is 0.680. The molecule has 23 heavy (non-hydrogen) atoms. The van der Waals surface area contributed by atoms with Gasteiger partial charge in [0, 0.05) is 12.1 Å². The van der Waals surface area contributed by atoms with Crippen molar-refractivity contribution in [2.24, 2.45) is 0 Å². The number of nitrogens with zero attached hydrogens (tertiary/aromatic N) is 2. The predicted molar refractivity (Wildman–Crippen MR) is 91.1 cm³/mol. The Hall–Kier alpha value is -1.86. The number of hydrogen-bond donors (Lipinski definition) is 1. The van der Waals surface area contributed by atoms with Gasteiger partial charge < -0.3 is 5.32 Å². The van der Waals surface area contributed by atoms with Crippen LogP contribution in [-0.4, -0.2) is 51.9 Å². The molecule has 1 aliphatic rings. The van der Waals surface area contributed by atoms with E-state index in [1.807, 2.05) is 36.9 Å². The normalized spacial score (nSPS) is 17.9. The Morgan fingerprint density at radius 2 is 1.87 bits per heavy atom. The van der Waals surface area contributed by atoms with Crippen LogP contribution in [0.25, 0.3) is 0 Å². The fourth-order valence-electron chi connectivity index (χ4n) is 2.28. The maximum atomic E-state index is 12.3. The first kappa shape index (κ1) is 17.5. The standard InChI is InChI=1S/C16H21N3O3S/c1-3-18(4-2)11-19-15(21)13(23-16(19)22)10-14(20)17-12-8-6-5-7-9-12/h5-9,13H,3-4,10-11H2,1-2H3,(H,17,20). The van der Waals surface area contributed by atoms with Gasteiger partial charge in [-0.1, -0.05) is 43.8 Å². The molecule has 0 aromatic heterocycles. The highest BCUT2D eigenvalue weighted by Crippen LogP contribution is 2.29. The van der Waals surface area contributed by atoms with E-state index in [9.17, 15) is 14.4 Å². The highest BCUT2D eigenvalue weighted by molar-refractivity contribution is 8.15. The van der Waals surface area contributed by atoms with Gasteiger partial charge in [0.15, 0.2) is 0 Å². The molecule has 1 unspecified atom stereocenters. The number of nitrogens with one attached hydrogen (secondary N) is 1. The van der Waals surface area contributed by atoms with Crippen molar-refractivity contribution >= 4 is 34.5 Å². The molecule has 1 N–H and O–H groups in total. The first-order chi connectivity index (χ1) is 11.0. The second-order valence-corrected chi connectivity index (χ2v) is 6.36. The van der Waals surface area contributed by atoms with Crippen molar-refractivity contribution in [3.8, 4) is 0 Å². The van der Waals surface area contributed by atoms with E-state index >= 15 is 0 Å². The van der Waals surface area contributed by atoms with Gasteiger partial charge in [-0.15, -0.1) is 0 Å². The minimum Gasteiger partial charge on any atom is -0.326 e. The lowest BCUT2D eigenvalue weighted by Crippen LogP contribution is -2.42. The van der Waals surface area contributed by atoms with Crippen molar-refractivity contribution in [1.82, 2.24) is 9.80 Å². The van der Waals surface area contributed by atoms with Crippen molar-refractivity contribution in [2.75, 3.05) is 25.1 Å². The number of anilines is 1. The van der Waals surface area contributed by atoms with E-state index in [-0.39, 0.29) is 30.1 Å². The van der Waals surface area contributed by atoms with Crippen LogP contribution in [0.1, 0.15) is 20.3 Å². The number of thioether (sulfide) groups is 1. The van der Waals surface area contributed by atoms with Crippen LogP contribution >= 0.6 is 11.8 Å². The Bertz CT molecular complexity index is 575. The molecule has 1 aliphatic heterocycles. The Balaban J connectivity index is 1.92. The number of carbonyl (C=O) groups excluding carboxylic acids is 3. The van der Waals surface area contributed by atoms with Crippen molar-refractivity contribution in [3.05, 3.63) is 30.3 Å². The third kappa shape index (κ3) is 4.56. The average Bonchev–Trinajstić information content (AvgIpc) is 2.80. The summed E-state index contributed by atoms with van der Waals surface area (Å²) < 4.78 is 0. The zero-order valence-corrected chi connectivity index (χ0v) is 14.1. The zero-order chi connectivity index (χ0) is 16.8. The van der Waals surface area contributed by atoms with E-state index in [2.05, 4.69) is 5.32 Å². The van der Waals surface area contributed by atoms with Gasteiger partial charge in [-0.3, -0.25) is 24.2 Å². The van der Waals surface area contributed by atoms with Crippen LogP contribution in [0, 0.1) is 0 Å². The van der Waals surface area contributed by atoms with E-state index in [4.69, 9.17) is 0 Å². The first-order valence-corrected chi connectivity index (χ1v) is 8.52. The summed E-state index contributed by atoms with van der Waals surface area (Å²) >= 11 is 0.934. The van der Waals surface area contributed by atoms with E-state index in [1.54, 1.807) is 12.1 Å². The molecule has 6 nitrogen and oxygen atoms in total. The van der Waals surface area contributed by atoms with Gasteiger partial charge in [0.25, 0.3) is 5.24 Å². The van der Waals surface area contributed by atoms with Crippen LogP contribution < -0.4 is 5.32 Å². The van der Waals surface area contributed by atoms with Gasteiger partial charge in [0.05, 0.1) is 6.67 Å². The van der Waals surface area contributed by atoms with Crippen molar-refractivity contribution in [1.29, 1.82) is 0 Å². The number of hydrogen-bond acceptors (Lipinski definition) is 5. The van der Waals surface area contributed by atoms with Gasteiger partial charge in [0.1, 0.15) is 5.25 Å². The van der Waals surface area contributed by atoms with Crippen LogP contribution in [0.3, 0.4) is 0 Å². The number of para-hydroxylation sites is 1. The molecule has 7 heteroatoms. The number of amides is 3. The molecule has 3 amide bonds. The molecule has 0 bridgehead atoms. The van der Waals surface area contributed by atoms with Crippen molar-refractivity contribution in [2.45, 2.75) is 25.5 Å². The summed E-state index contributed by atoms with van der Waals surface area (Å²) in [5.74, 6) is -0.547. The SMILES string of the molecule is CCN(CC)CN1C(=O)SC(CC(=O)Nc2ccccc2)C1=O. The molecule has 0 spiro atoms. The Morgan fingerprint density at radius 3 is 2.48 bits per heavy atom. The van der Waals surface area contributed by atoms with Gasteiger partial charge in [-0.05, 0) is 25.2 Å². The fraction of sp³-hybridized carbons (Fsp3) is 0.438. The Labute approximate surface area is 140 Å². The van der Waals surface area contributed by atoms with Crippen LogP contribution in [0.15, 0.2) is 30.3 Å². The van der Waals surface area contributed by atoms with Crippen LogP contribution in [-0.2, 0) is 9.59 Å². The summed E-state index contributed by atoms with van der Waals surface area (Å²) in [7, 11) is 0. The fourth-order valence-corrected chi connectivity index (χ4v) is 3.26. The second kappa shape index (κ2) is 8.12. The molecule has 124 valence electrons. The molecule has 1 aromatic rings. The summed E-state index contributed by atoms with van der Waals surface area (Å²) in [6.07, 6.45) is -0.00111. The van der Waals surface area contributed by atoms with Crippen molar-refractivity contribution < 1.29 is 14.4 Å². The maximum Gasteiger partial charge on any atom is 0.290 e. The third-order valence-electron chi connectivity index (χ3n) is 3.67. The largest absolute Gasteiger partial charge is 0.326 e. The minimum atomic E-state index is -0.637. The lowest BCUT2D eigenvalue weighted by molar-refractivity contribution is -0.130. The smallest absolute Gasteiger partial charge is 0.290 e. The summed E-state index contributed by atoms with van der Waals surface area (Å²) in [4.78, 5) is 39.6. The van der Waals surface area contributed by atoms with Crippen LogP contribution in [0.5, 0.6) is 0 Å². The number of benzene rings is 1. The highest BCUT2D eigenvalue weighted by atomic mass is 32.2. The van der Waals surface area contributed by atoms with E-state index < -0.39 is 5.25 Å². The molecule has 1 saturated heterocycles. The molecule has 1 heterocycles. The average molecular weight is 335 g/mol. The third-order valence-corrected chi connectivity index (χ3v) is 4.74. The minimum absolute atomic E-state index is 0.00111. The number of carbonyl (C=O) groups is 3. The molecular formula is C16H21N3O3S. The quantitative estimate of drug-likeness (QED) is 0.828. The van der Waals surface area contributed by atoms with Gasteiger partial charge >= 0.3 is 0 Å². The first-order valence-electron chi connectivity index (χ1n) is 7.64. The van der Waals surface area contributed by atoms with Gasteiger partial charge in [-0.2, -0.15) is 0 Å².